The van der Waals surface area contributed by atoms with Gasteiger partial charge >= 0.3 is 0 Å². The summed E-state index contributed by atoms with van der Waals surface area (Å²) in [6.07, 6.45) is 0. The quantitative estimate of drug-likeness (QED) is 0.790. The van der Waals surface area contributed by atoms with Crippen molar-refractivity contribution in [1.29, 1.82) is 0 Å². The fraction of sp³-hybridized carbons (Fsp3) is 0.125. The van der Waals surface area contributed by atoms with E-state index in [0.717, 1.165) is 0 Å². The Morgan fingerprint density at radius 2 is 1.00 bits per heavy atom. The zero-order valence-corrected chi connectivity index (χ0v) is 11.4. The second-order valence-electron chi connectivity index (χ2n) is 3.42. The maximum atomic E-state index is 8.63. The number of aryl methyl sites for hydroxylation is 2. The Hall–Kier alpha value is -2.42. The Bertz CT molecular complexity index is 404. The Morgan fingerprint density at radius 1 is 0.684 bits per heavy atom. The largest absolute Gasteiger partial charge is 0.508 e. The van der Waals surface area contributed by atoms with Crippen molar-refractivity contribution < 1.29 is 14.7 Å². The molecule has 3 heteroatoms. The summed E-state index contributed by atoms with van der Waals surface area (Å²) in [5.74, 6) is 0.322. The molecule has 0 aliphatic heterocycles. The molecule has 0 unspecified atom stereocenters. The molecule has 0 saturated carbocycles. The summed E-state index contributed by atoms with van der Waals surface area (Å²) in [5.41, 5.74) is 2.74. The van der Waals surface area contributed by atoms with Crippen LogP contribution in [0.2, 0.25) is 0 Å². The van der Waals surface area contributed by atoms with Crippen LogP contribution in [0.15, 0.2) is 54.6 Å². The summed E-state index contributed by atoms with van der Waals surface area (Å²) < 4.78 is 0. The maximum absolute atomic E-state index is 8.63. The topological polar surface area (TPSA) is 54.4 Å². The molecule has 0 amide bonds. The number of aromatic hydroxyl groups is 1. The molecule has 0 atom stereocenters. The first kappa shape index (κ1) is 18.9. The number of hydrogen-bond donors (Lipinski definition) is 1. The summed E-state index contributed by atoms with van der Waals surface area (Å²) in [4.78, 5) is 16.0. The van der Waals surface area contributed by atoms with Gasteiger partial charge in [-0.05, 0) is 37.1 Å². The van der Waals surface area contributed by atoms with Crippen molar-refractivity contribution in [2.24, 2.45) is 0 Å². The number of para-hydroxylation sites is 1. The first-order valence-corrected chi connectivity index (χ1v) is 5.54. The average Bonchev–Trinajstić information content (AvgIpc) is 2.48. The smallest absolute Gasteiger partial charge is 0.115 e. The molecule has 0 spiro atoms. The molecular formula is C16H20O3. The molecule has 0 heterocycles. The second-order valence-corrected chi connectivity index (χ2v) is 3.42. The highest BCUT2D eigenvalue weighted by Crippen LogP contribution is 2.03. The van der Waals surface area contributed by atoms with Crippen molar-refractivity contribution in [3.63, 3.8) is 0 Å². The number of hydrogen-bond acceptors (Lipinski definition) is 3. The molecule has 19 heavy (non-hydrogen) atoms. The van der Waals surface area contributed by atoms with Crippen molar-refractivity contribution >= 4 is 13.6 Å². The van der Waals surface area contributed by atoms with Crippen molar-refractivity contribution in [2.75, 3.05) is 0 Å². The third-order valence-corrected chi connectivity index (χ3v) is 2.18. The number of phenolic OH excluding ortho intramolecular Hbond substituents is 1. The van der Waals surface area contributed by atoms with Gasteiger partial charge in [0.15, 0.2) is 0 Å². The SMILES string of the molecule is C=O.C=O.Cc1ccccc1C.Oc1ccccc1. The molecule has 2 aromatic carbocycles. The maximum Gasteiger partial charge on any atom is 0.115 e. The Kier molecular flexibility index (Phi) is 13.6. The van der Waals surface area contributed by atoms with Gasteiger partial charge in [0.1, 0.15) is 19.3 Å². The summed E-state index contributed by atoms with van der Waals surface area (Å²) in [6, 6.07) is 17.1. The monoisotopic (exact) mass is 260 g/mol. The number of benzene rings is 2. The average molecular weight is 260 g/mol. The van der Waals surface area contributed by atoms with E-state index in [0.29, 0.717) is 5.75 Å². The van der Waals surface area contributed by atoms with Gasteiger partial charge in [0.2, 0.25) is 0 Å². The van der Waals surface area contributed by atoms with Gasteiger partial charge < -0.3 is 14.7 Å². The predicted molar refractivity (Wildman–Crippen MR) is 78.3 cm³/mol. The second kappa shape index (κ2) is 13.6. The minimum absolute atomic E-state index is 0.322. The number of rotatable bonds is 0. The summed E-state index contributed by atoms with van der Waals surface area (Å²) in [7, 11) is 0. The fourth-order valence-corrected chi connectivity index (χ4v) is 1.09. The van der Waals surface area contributed by atoms with Crippen LogP contribution in [-0.2, 0) is 9.59 Å². The summed E-state index contributed by atoms with van der Waals surface area (Å²) in [5, 5.41) is 8.63. The predicted octanol–water partition coefficient (Wildman–Crippen LogP) is 3.33. The molecule has 0 saturated heterocycles. The molecule has 1 N–H and O–H groups in total. The lowest BCUT2D eigenvalue weighted by atomic mass is 10.1. The molecule has 0 aliphatic rings. The van der Waals surface area contributed by atoms with E-state index in [9.17, 15) is 0 Å². The third kappa shape index (κ3) is 10.5. The van der Waals surface area contributed by atoms with Gasteiger partial charge in [0.05, 0.1) is 0 Å². The lowest BCUT2D eigenvalue weighted by Crippen LogP contribution is -1.74. The molecule has 0 bridgehead atoms. The Labute approximate surface area is 114 Å². The number of phenols is 1. The van der Waals surface area contributed by atoms with Gasteiger partial charge in [-0.1, -0.05) is 42.5 Å². The summed E-state index contributed by atoms with van der Waals surface area (Å²) >= 11 is 0. The van der Waals surface area contributed by atoms with Crippen LogP contribution in [0, 0.1) is 13.8 Å². The van der Waals surface area contributed by atoms with Gasteiger partial charge in [-0.2, -0.15) is 0 Å². The Morgan fingerprint density at radius 3 is 1.21 bits per heavy atom. The highest BCUT2D eigenvalue weighted by Gasteiger charge is 1.83. The lowest BCUT2D eigenvalue weighted by Gasteiger charge is -1.93. The molecule has 3 nitrogen and oxygen atoms in total. The van der Waals surface area contributed by atoms with Gasteiger partial charge in [-0.15, -0.1) is 0 Å². The van der Waals surface area contributed by atoms with Gasteiger partial charge in [0, 0.05) is 0 Å². The van der Waals surface area contributed by atoms with Crippen LogP contribution in [0.5, 0.6) is 5.75 Å². The van der Waals surface area contributed by atoms with Crippen LogP contribution in [0.1, 0.15) is 11.1 Å². The van der Waals surface area contributed by atoms with Crippen molar-refractivity contribution in [3.8, 4) is 5.75 Å². The zero-order chi connectivity index (χ0) is 15.1. The molecule has 102 valence electrons. The van der Waals surface area contributed by atoms with Gasteiger partial charge in [0.25, 0.3) is 0 Å². The molecule has 2 aromatic rings. The van der Waals surface area contributed by atoms with E-state index in [-0.39, 0.29) is 0 Å². The molecule has 2 rings (SSSR count). The van der Waals surface area contributed by atoms with E-state index in [1.807, 2.05) is 19.6 Å². The van der Waals surface area contributed by atoms with Crippen molar-refractivity contribution in [1.82, 2.24) is 0 Å². The summed E-state index contributed by atoms with van der Waals surface area (Å²) in [6.45, 7) is 8.24. The third-order valence-electron chi connectivity index (χ3n) is 2.18. The first-order valence-electron chi connectivity index (χ1n) is 5.54. The van der Waals surface area contributed by atoms with E-state index in [1.54, 1.807) is 24.3 Å². The van der Waals surface area contributed by atoms with Gasteiger partial charge in [-0.25, -0.2) is 0 Å². The first-order chi connectivity index (χ1) is 9.20. The van der Waals surface area contributed by atoms with E-state index in [1.165, 1.54) is 11.1 Å². The van der Waals surface area contributed by atoms with Crippen molar-refractivity contribution in [2.45, 2.75) is 13.8 Å². The van der Waals surface area contributed by atoms with E-state index >= 15 is 0 Å². The van der Waals surface area contributed by atoms with Gasteiger partial charge in [-0.3, -0.25) is 0 Å². The minimum atomic E-state index is 0.322. The fourth-order valence-electron chi connectivity index (χ4n) is 1.09. The van der Waals surface area contributed by atoms with Crippen LogP contribution in [-0.4, -0.2) is 18.7 Å². The zero-order valence-electron chi connectivity index (χ0n) is 11.4. The van der Waals surface area contributed by atoms with E-state index < -0.39 is 0 Å². The minimum Gasteiger partial charge on any atom is -0.508 e. The number of carbonyl (C=O) groups excluding carboxylic acids is 2. The van der Waals surface area contributed by atoms with Crippen LogP contribution >= 0.6 is 0 Å². The van der Waals surface area contributed by atoms with E-state index in [4.69, 9.17) is 14.7 Å². The number of carbonyl (C=O) groups is 2. The van der Waals surface area contributed by atoms with Crippen LogP contribution < -0.4 is 0 Å². The molecule has 0 aliphatic carbocycles. The molecule has 0 aromatic heterocycles. The highest BCUT2D eigenvalue weighted by atomic mass is 16.3. The molecule has 0 radical (unpaired) electrons. The van der Waals surface area contributed by atoms with E-state index in [2.05, 4.69) is 38.1 Å². The highest BCUT2D eigenvalue weighted by molar-refractivity contribution is 5.23. The normalized spacial score (nSPS) is 7.47. The standard InChI is InChI=1S/C8H10.C6H6O.2CH2O/c1-7-5-3-4-6-8(7)2;7-6-4-2-1-3-5-6;2*1-2/h3-6H,1-2H3;1-5,7H;2*1H2. The van der Waals surface area contributed by atoms with Crippen LogP contribution in [0.25, 0.3) is 0 Å². The van der Waals surface area contributed by atoms with Crippen molar-refractivity contribution in [3.05, 3.63) is 65.7 Å². The molecular weight excluding hydrogens is 240 g/mol. The van der Waals surface area contributed by atoms with Crippen LogP contribution in [0.4, 0.5) is 0 Å². The lowest BCUT2D eigenvalue weighted by molar-refractivity contribution is -0.0987. The molecule has 0 fully saturated rings. The van der Waals surface area contributed by atoms with Crippen LogP contribution in [0.3, 0.4) is 0 Å². The Balaban J connectivity index is 0.